The molecule has 0 spiro atoms. The summed E-state index contributed by atoms with van der Waals surface area (Å²) in [6.07, 6.45) is 1.52. The lowest BCUT2D eigenvalue weighted by Crippen LogP contribution is -2.30. The fourth-order valence-corrected chi connectivity index (χ4v) is 2.95. The number of esters is 1. The average molecular weight is 382 g/mol. The van der Waals surface area contributed by atoms with Crippen LogP contribution >= 0.6 is 11.3 Å². The van der Waals surface area contributed by atoms with Crippen molar-refractivity contribution >= 4 is 23.2 Å². The van der Waals surface area contributed by atoms with Crippen molar-refractivity contribution in [3.8, 4) is 11.6 Å². The zero-order valence-electron chi connectivity index (χ0n) is 14.7. The van der Waals surface area contributed by atoms with E-state index in [0.717, 1.165) is 5.56 Å². The Morgan fingerprint density at radius 1 is 1.11 bits per heavy atom. The molecule has 0 radical (unpaired) electrons. The molecule has 0 aliphatic carbocycles. The Hall–Kier alpha value is -3.19. The first-order valence-corrected chi connectivity index (χ1v) is 9.18. The van der Waals surface area contributed by atoms with Crippen LogP contribution in [0.5, 0.6) is 11.6 Å². The minimum atomic E-state index is -0.661. The van der Waals surface area contributed by atoms with Gasteiger partial charge in [-0.05, 0) is 46.7 Å². The van der Waals surface area contributed by atoms with Gasteiger partial charge in [-0.25, -0.2) is 9.78 Å². The highest BCUT2D eigenvalue weighted by atomic mass is 32.1. The van der Waals surface area contributed by atoms with Gasteiger partial charge in [0.15, 0.2) is 6.61 Å². The molecule has 1 amide bonds. The zero-order chi connectivity index (χ0) is 19.1. The van der Waals surface area contributed by atoms with Crippen molar-refractivity contribution < 1.29 is 19.1 Å². The number of ether oxygens (including phenoxy) is 2. The summed E-state index contributed by atoms with van der Waals surface area (Å²) in [6.45, 7) is 0.119. The highest BCUT2D eigenvalue weighted by molar-refractivity contribution is 7.07. The first-order chi connectivity index (χ1) is 13.1. The third kappa shape index (κ3) is 5.15. The van der Waals surface area contributed by atoms with Gasteiger partial charge in [0.25, 0.3) is 5.91 Å². The Balaban J connectivity index is 1.60. The lowest BCUT2D eigenvalue weighted by atomic mass is 10.2. The van der Waals surface area contributed by atoms with Crippen molar-refractivity contribution in [1.82, 2.24) is 9.88 Å². The second kappa shape index (κ2) is 8.95. The Labute approximate surface area is 161 Å². The minimum Gasteiger partial charge on any atom is -0.452 e. The molecule has 2 heterocycles. The maximum atomic E-state index is 12.4. The summed E-state index contributed by atoms with van der Waals surface area (Å²) in [6, 6.07) is 14.1. The summed E-state index contributed by atoms with van der Waals surface area (Å²) in [5, 5.41) is 3.92. The van der Waals surface area contributed by atoms with Crippen molar-refractivity contribution in [1.29, 1.82) is 0 Å². The molecule has 3 rings (SSSR count). The second-order valence-corrected chi connectivity index (χ2v) is 6.51. The molecule has 0 unspecified atom stereocenters. The molecule has 1 aromatic carbocycles. The van der Waals surface area contributed by atoms with E-state index in [1.165, 1.54) is 11.1 Å². The number of rotatable bonds is 7. The zero-order valence-corrected chi connectivity index (χ0v) is 15.5. The molecule has 0 bridgehead atoms. The van der Waals surface area contributed by atoms with Crippen LogP contribution in [-0.2, 0) is 16.1 Å². The van der Waals surface area contributed by atoms with Gasteiger partial charge >= 0.3 is 5.97 Å². The molecule has 0 N–H and O–H groups in total. The largest absolute Gasteiger partial charge is 0.452 e. The first-order valence-electron chi connectivity index (χ1n) is 8.23. The van der Waals surface area contributed by atoms with E-state index in [1.807, 2.05) is 35.0 Å². The number of hydrogen-bond donors (Lipinski definition) is 0. The van der Waals surface area contributed by atoms with E-state index >= 15 is 0 Å². The fourth-order valence-electron chi connectivity index (χ4n) is 2.29. The molecular formula is C20H18N2O4S. The van der Waals surface area contributed by atoms with Crippen LogP contribution in [0, 0.1) is 0 Å². The maximum Gasteiger partial charge on any atom is 0.344 e. The van der Waals surface area contributed by atoms with E-state index in [4.69, 9.17) is 9.47 Å². The summed E-state index contributed by atoms with van der Waals surface area (Å²) >= 11 is 1.57. The number of likely N-dealkylation sites (N-methyl/N-ethyl adjacent to an activating group) is 1. The molecule has 2 aromatic heterocycles. The van der Waals surface area contributed by atoms with E-state index in [9.17, 15) is 9.59 Å². The van der Waals surface area contributed by atoms with Crippen LogP contribution in [0.15, 0.2) is 65.5 Å². The molecule has 27 heavy (non-hydrogen) atoms. The number of hydrogen-bond acceptors (Lipinski definition) is 6. The van der Waals surface area contributed by atoms with Gasteiger partial charge in [-0.3, -0.25) is 4.79 Å². The molecule has 7 heteroatoms. The van der Waals surface area contributed by atoms with Crippen molar-refractivity contribution in [2.24, 2.45) is 0 Å². The normalized spacial score (nSPS) is 10.3. The van der Waals surface area contributed by atoms with Crippen molar-refractivity contribution in [3.63, 3.8) is 0 Å². The van der Waals surface area contributed by atoms with Crippen LogP contribution in [0.4, 0.5) is 0 Å². The number of para-hydroxylation sites is 1. The van der Waals surface area contributed by atoms with Crippen LogP contribution in [-0.4, -0.2) is 35.4 Å². The Morgan fingerprint density at radius 3 is 2.67 bits per heavy atom. The predicted octanol–water partition coefficient (Wildman–Crippen LogP) is 3.75. The summed E-state index contributed by atoms with van der Waals surface area (Å²) in [5.74, 6) is -0.264. The number of aromatic nitrogens is 1. The topological polar surface area (TPSA) is 68.7 Å². The monoisotopic (exact) mass is 382 g/mol. The van der Waals surface area contributed by atoms with Gasteiger partial charge < -0.3 is 14.4 Å². The number of carbonyl (C=O) groups excluding carboxylic acids is 2. The quantitative estimate of drug-likeness (QED) is 0.582. The number of amides is 1. The Bertz CT molecular complexity index is 897. The maximum absolute atomic E-state index is 12.4. The molecule has 0 aliphatic rings. The first kappa shape index (κ1) is 18.6. The van der Waals surface area contributed by atoms with Crippen molar-refractivity contribution in [2.75, 3.05) is 13.7 Å². The van der Waals surface area contributed by atoms with E-state index in [2.05, 4.69) is 4.98 Å². The number of nitrogens with zero attached hydrogens (tertiary/aromatic N) is 2. The van der Waals surface area contributed by atoms with Gasteiger partial charge in [0, 0.05) is 19.8 Å². The minimum absolute atomic E-state index is 0.132. The second-order valence-electron chi connectivity index (χ2n) is 5.73. The van der Waals surface area contributed by atoms with Crippen LogP contribution < -0.4 is 4.74 Å². The van der Waals surface area contributed by atoms with Gasteiger partial charge in [-0.1, -0.05) is 18.2 Å². The van der Waals surface area contributed by atoms with Gasteiger partial charge in [-0.15, -0.1) is 0 Å². The highest BCUT2D eigenvalue weighted by Crippen LogP contribution is 2.23. The van der Waals surface area contributed by atoms with E-state index in [-0.39, 0.29) is 24.0 Å². The molecule has 0 atom stereocenters. The molecule has 0 fully saturated rings. The van der Waals surface area contributed by atoms with Crippen molar-refractivity contribution in [2.45, 2.75) is 6.54 Å². The summed E-state index contributed by atoms with van der Waals surface area (Å²) < 4.78 is 10.8. The molecule has 0 saturated heterocycles. The van der Waals surface area contributed by atoms with Crippen LogP contribution in [0.1, 0.15) is 15.9 Å². The molecule has 6 nitrogen and oxygen atoms in total. The van der Waals surface area contributed by atoms with Crippen LogP contribution in [0.25, 0.3) is 0 Å². The van der Waals surface area contributed by atoms with E-state index < -0.39 is 5.97 Å². The summed E-state index contributed by atoms with van der Waals surface area (Å²) in [4.78, 5) is 30.2. The Kier molecular flexibility index (Phi) is 6.17. The fraction of sp³-hybridized carbons (Fsp3) is 0.150. The molecule has 138 valence electrons. The molecular weight excluding hydrogens is 364 g/mol. The summed E-state index contributed by atoms with van der Waals surface area (Å²) in [7, 11) is 1.67. The predicted molar refractivity (Wildman–Crippen MR) is 102 cm³/mol. The van der Waals surface area contributed by atoms with Crippen molar-refractivity contribution in [3.05, 3.63) is 76.6 Å². The third-order valence-electron chi connectivity index (χ3n) is 3.70. The number of benzene rings is 1. The Morgan fingerprint density at radius 2 is 1.93 bits per heavy atom. The third-order valence-corrected chi connectivity index (χ3v) is 4.43. The number of thiophene rings is 1. The lowest BCUT2D eigenvalue weighted by Gasteiger charge is -2.16. The van der Waals surface area contributed by atoms with E-state index in [0.29, 0.717) is 12.3 Å². The smallest absolute Gasteiger partial charge is 0.344 e. The SMILES string of the molecule is CN(Cc1ccsc1)C(=O)COC(=O)c1cccnc1Oc1ccccc1. The summed E-state index contributed by atoms with van der Waals surface area (Å²) in [5.41, 5.74) is 1.20. The number of pyridine rings is 1. The average Bonchev–Trinajstić information content (AvgIpc) is 3.20. The van der Waals surface area contributed by atoms with Gasteiger partial charge in [0.2, 0.25) is 5.88 Å². The highest BCUT2D eigenvalue weighted by Gasteiger charge is 2.18. The molecule has 3 aromatic rings. The van der Waals surface area contributed by atoms with Gasteiger partial charge in [0.05, 0.1) is 0 Å². The van der Waals surface area contributed by atoms with Crippen LogP contribution in [0.2, 0.25) is 0 Å². The molecule has 0 aliphatic heterocycles. The van der Waals surface area contributed by atoms with E-state index in [1.54, 1.807) is 42.6 Å². The molecule has 0 saturated carbocycles. The van der Waals surface area contributed by atoms with Gasteiger partial charge in [0.1, 0.15) is 11.3 Å². The number of carbonyl (C=O) groups is 2. The van der Waals surface area contributed by atoms with Crippen LogP contribution in [0.3, 0.4) is 0 Å². The standard InChI is InChI=1S/C20H18N2O4S/c1-22(12-15-9-11-27-14-15)18(23)13-25-20(24)17-8-5-10-21-19(17)26-16-6-3-2-4-7-16/h2-11,14H,12-13H2,1H3. The lowest BCUT2D eigenvalue weighted by molar-refractivity contribution is -0.133. The van der Waals surface area contributed by atoms with Gasteiger partial charge in [-0.2, -0.15) is 11.3 Å².